The van der Waals surface area contributed by atoms with Crippen LogP contribution in [0.5, 0.6) is 0 Å². The van der Waals surface area contributed by atoms with E-state index in [4.69, 9.17) is 4.74 Å². The van der Waals surface area contributed by atoms with E-state index in [9.17, 15) is 5.11 Å². The minimum absolute atomic E-state index is 0.0820. The molecule has 76 valence electrons. The van der Waals surface area contributed by atoms with Crippen molar-refractivity contribution in [2.75, 3.05) is 6.61 Å². The van der Waals surface area contributed by atoms with Crippen molar-refractivity contribution in [3.63, 3.8) is 0 Å². The van der Waals surface area contributed by atoms with Gasteiger partial charge in [0.15, 0.2) is 0 Å². The van der Waals surface area contributed by atoms with E-state index in [1.165, 1.54) is 32.1 Å². The fourth-order valence-corrected chi connectivity index (χ4v) is 2.53. The van der Waals surface area contributed by atoms with Crippen molar-refractivity contribution < 1.29 is 9.84 Å². The molecule has 2 atom stereocenters. The lowest BCUT2D eigenvalue weighted by Gasteiger charge is -2.17. The molecule has 0 aliphatic heterocycles. The third kappa shape index (κ3) is 2.44. The van der Waals surface area contributed by atoms with Crippen molar-refractivity contribution in [2.24, 2.45) is 5.92 Å². The van der Waals surface area contributed by atoms with E-state index in [1.807, 2.05) is 0 Å². The van der Waals surface area contributed by atoms with Gasteiger partial charge in [0.2, 0.25) is 0 Å². The highest BCUT2D eigenvalue weighted by atomic mass is 16.5. The molecule has 2 unspecified atom stereocenters. The number of aliphatic hydroxyl groups is 1. The van der Waals surface area contributed by atoms with Crippen LogP contribution in [0.15, 0.2) is 0 Å². The van der Waals surface area contributed by atoms with E-state index in [2.05, 4.69) is 0 Å². The molecule has 0 aromatic carbocycles. The third-order valence-electron chi connectivity index (χ3n) is 3.47. The SMILES string of the molecule is OC1CCCC1COC1CCCC1. The van der Waals surface area contributed by atoms with Gasteiger partial charge in [-0.3, -0.25) is 0 Å². The fraction of sp³-hybridized carbons (Fsp3) is 1.00. The minimum Gasteiger partial charge on any atom is -0.393 e. The molecule has 1 N–H and O–H groups in total. The molecule has 2 nitrogen and oxygen atoms in total. The van der Waals surface area contributed by atoms with Crippen LogP contribution in [0.4, 0.5) is 0 Å². The normalized spacial score (nSPS) is 35.8. The van der Waals surface area contributed by atoms with E-state index >= 15 is 0 Å². The number of hydrogen-bond acceptors (Lipinski definition) is 2. The van der Waals surface area contributed by atoms with Crippen molar-refractivity contribution in [3.8, 4) is 0 Å². The summed E-state index contributed by atoms with van der Waals surface area (Å²) in [5.74, 6) is 0.431. The highest BCUT2D eigenvalue weighted by Crippen LogP contribution is 2.28. The summed E-state index contributed by atoms with van der Waals surface area (Å²) >= 11 is 0. The van der Waals surface area contributed by atoms with Crippen molar-refractivity contribution in [1.29, 1.82) is 0 Å². The molecule has 2 aliphatic carbocycles. The molecule has 13 heavy (non-hydrogen) atoms. The topological polar surface area (TPSA) is 29.5 Å². The first kappa shape index (κ1) is 9.47. The molecule has 2 heteroatoms. The van der Waals surface area contributed by atoms with Gasteiger partial charge in [0, 0.05) is 5.92 Å². The molecule has 0 spiro atoms. The maximum Gasteiger partial charge on any atom is 0.0590 e. The van der Waals surface area contributed by atoms with Gasteiger partial charge < -0.3 is 9.84 Å². The smallest absolute Gasteiger partial charge is 0.0590 e. The van der Waals surface area contributed by atoms with Gasteiger partial charge in [0.1, 0.15) is 0 Å². The van der Waals surface area contributed by atoms with Gasteiger partial charge in [-0.25, -0.2) is 0 Å². The molecular formula is C11H20O2. The summed E-state index contributed by atoms with van der Waals surface area (Å²) in [6.07, 6.45) is 8.89. The summed E-state index contributed by atoms with van der Waals surface area (Å²) in [4.78, 5) is 0. The van der Waals surface area contributed by atoms with E-state index < -0.39 is 0 Å². The predicted molar refractivity (Wildman–Crippen MR) is 51.6 cm³/mol. The Balaban J connectivity index is 1.66. The largest absolute Gasteiger partial charge is 0.393 e. The van der Waals surface area contributed by atoms with Gasteiger partial charge in [-0.2, -0.15) is 0 Å². The summed E-state index contributed by atoms with van der Waals surface area (Å²) < 4.78 is 5.80. The molecule has 2 aliphatic rings. The zero-order valence-electron chi connectivity index (χ0n) is 8.24. The van der Waals surface area contributed by atoms with Gasteiger partial charge in [-0.05, 0) is 25.7 Å². The maximum absolute atomic E-state index is 9.58. The molecule has 0 bridgehead atoms. The Morgan fingerprint density at radius 2 is 1.77 bits per heavy atom. The van der Waals surface area contributed by atoms with Crippen LogP contribution >= 0.6 is 0 Å². The average Bonchev–Trinajstić information content (AvgIpc) is 2.72. The molecular weight excluding hydrogens is 164 g/mol. The lowest BCUT2D eigenvalue weighted by molar-refractivity contribution is 0.00299. The Morgan fingerprint density at radius 1 is 1.00 bits per heavy atom. The molecule has 2 saturated carbocycles. The Morgan fingerprint density at radius 3 is 2.38 bits per heavy atom. The second-order valence-electron chi connectivity index (χ2n) is 4.50. The van der Waals surface area contributed by atoms with Gasteiger partial charge >= 0.3 is 0 Å². The van der Waals surface area contributed by atoms with Gasteiger partial charge in [0.05, 0.1) is 18.8 Å². The number of rotatable bonds is 3. The van der Waals surface area contributed by atoms with Crippen LogP contribution in [0.25, 0.3) is 0 Å². The second-order valence-corrected chi connectivity index (χ2v) is 4.50. The molecule has 0 amide bonds. The lowest BCUT2D eigenvalue weighted by atomic mass is 10.1. The van der Waals surface area contributed by atoms with E-state index in [1.54, 1.807) is 0 Å². The Kier molecular flexibility index (Phi) is 3.23. The first-order chi connectivity index (χ1) is 6.36. The first-order valence-electron chi connectivity index (χ1n) is 5.66. The predicted octanol–water partition coefficient (Wildman–Crippen LogP) is 2.11. The van der Waals surface area contributed by atoms with Gasteiger partial charge in [-0.1, -0.05) is 19.3 Å². The van der Waals surface area contributed by atoms with Gasteiger partial charge in [-0.15, -0.1) is 0 Å². The Labute approximate surface area is 80.3 Å². The highest BCUT2D eigenvalue weighted by molar-refractivity contribution is 4.77. The van der Waals surface area contributed by atoms with Gasteiger partial charge in [0.25, 0.3) is 0 Å². The fourth-order valence-electron chi connectivity index (χ4n) is 2.53. The summed E-state index contributed by atoms with van der Waals surface area (Å²) in [7, 11) is 0. The van der Waals surface area contributed by atoms with Crippen LogP contribution in [-0.2, 0) is 4.74 Å². The lowest BCUT2D eigenvalue weighted by Crippen LogP contribution is -2.21. The van der Waals surface area contributed by atoms with Crippen LogP contribution < -0.4 is 0 Å². The van der Waals surface area contributed by atoms with E-state index in [-0.39, 0.29) is 6.10 Å². The Bertz CT molecular complexity index is 152. The van der Waals surface area contributed by atoms with Crippen molar-refractivity contribution in [1.82, 2.24) is 0 Å². The molecule has 0 aromatic heterocycles. The van der Waals surface area contributed by atoms with Crippen molar-refractivity contribution in [2.45, 2.75) is 57.2 Å². The molecule has 0 radical (unpaired) electrons. The van der Waals surface area contributed by atoms with Crippen LogP contribution in [0.1, 0.15) is 44.9 Å². The average molecular weight is 184 g/mol. The monoisotopic (exact) mass is 184 g/mol. The van der Waals surface area contributed by atoms with E-state index in [0.717, 1.165) is 19.4 Å². The number of aliphatic hydroxyl groups excluding tert-OH is 1. The molecule has 0 aromatic rings. The maximum atomic E-state index is 9.58. The number of hydrogen-bond donors (Lipinski definition) is 1. The molecule has 2 rings (SSSR count). The van der Waals surface area contributed by atoms with Crippen LogP contribution in [-0.4, -0.2) is 23.9 Å². The zero-order valence-corrected chi connectivity index (χ0v) is 8.24. The summed E-state index contributed by atoms with van der Waals surface area (Å²) in [6, 6.07) is 0. The minimum atomic E-state index is -0.0820. The standard InChI is InChI=1S/C11H20O2/c12-11-7-3-4-9(11)8-13-10-5-1-2-6-10/h9-12H,1-8H2. The molecule has 0 saturated heterocycles. The van der Waals surface area contributed by atoms with Crippen molar-refractivity contribution in [3.05, 3.63) is 0 Å². The summed E-state index contributed by atoms with van der Waals surface area (Å²) in [6.45, 7) is 0.797. The van der Waals surface area contributed by atoms with E-state index in [0.29, 0.717) is 12.0 Å². The third-order valence-corrected chi connectivity index (χ3v) is 3.47. The molecule has 2 fully saturated rings. The second kappa shape index (κ2) is 4.43. The quantitative estimate of drug-likeness (QED) is 0.728. The van der Waals surface area contributed by atoms with Crippen LogP contribution in [0.2, 0.25) is 0 Å². The zero-order chi connectivity index (χ0) is 9.10. The summed E-state index contributed by atoms with van der Waals surface area (Å²) in [5.41, 5.74) is 0. The van der Waals surface area contributed by atoms with Crippen LogP contribution in [0.3, 0.4) is 0 Å². The first-order valence-corrected chi connectivity index (χ1v) is 5.66. The highest BCUT2D eigenvalue weighted by Gasteiger charge is 2.26. The van der Waals surface area contributed by atoms with Crippen LogP contribution in [0, 0.1) is 5.92 Å². The molecule has 0 heterocycles. The summed E-state index contributed by atoms with van der Waals surface area (Å²) in [5, 5.41) is 9.58. The number of ether oxygens (including phenoxy) is 1. The van der Waals surface area contributed by atoms with Crippen molar-refractivity contribution >= 4 is 0 Å². The Hall–Kier alpha value is -0.0800.